The summed E-state index contributed by atoms with van der Waals surface area (Å²) in [5, 5.41) is 18.1. The largest absolute Gasteiger partial charge is 0.471 e. The van der Waals surface area contributed by atoms with Gasteiger partial charge in [0.2, 0.25) is 11.8 Å². The highest BCUT2D eigenvalue weighted by atomic mass is 19.4. The normalized spacial score (nSPS) is 32.1. The van der Waals surface area contributed by atoms with Gasteiger partial charge < -0.3 is 25.8 Å². The predicted molar refractivity (Wildman–Crippen MR) is 246 cm³/mol. The fraction of sp³-hybridized carbons (Fsp3) is 0.623. The SMILES string of the molecule is CC1=C2C[C@H]3C(CC=C4CC(O)CCC43C)[C@@H]2CCC12O[C@@H]1CC(C)CN(CCNC(=O)CCCCCNC(=O)C(Cc3ccc(C(=O)c4ccccc4)cc3)NC(=O)C(F)(F)F)C1[C@H]2C. The number of carbonyl (C=O) groups is 4. The summed E-state index contributed by atoms with van der Waals surface area (Å²) in [5.74, 6) is -0.462. The van der Waals surface area contributed by atoms with Crippen LogP contribution in [0.5, 0.6) is 0 Å². The Morgan fingerprint density at radius 2 is 1.67 bits per heavy atom. The van der Waals surface area contributed by atoms with Gasteiger partial charge in [-0.05, 0) is 111 Å². The van der Waals surface area contributed by atoms with Gasteiger partial charge >= 0.3 is 12.1 Å². The lowest BCUT2D eigenvalue weighted by molar-refractivity contribution is -0.174. The molecule has 13 heteroatoms. The van der Waals surface area contributed by atoms with Gasteiger partial charge in [-0.2, -0.15) is 13.2 Å². The van der Waals surface area contributed by atoms with E-state index >= 15 is 0 Å². The standard InChI is InChI=1S/C53H69F3N4O6/c1-32-27-45-47(34(3)52(66-45)23-21-40-41-19-18-38-29-39(61)20-22-51(38,4)43(41)30-42(40)33(52)2)60(31-32)26-25-57-46(62)13-9-6-10-24-58-49(64)44(59-50(65)53(54,55)56)28-35-14-16-37(17-15-35)48(63)36-11-7-5-8-12-36/h5,7-8,11-12,14-18,32,34,39-41,43-45,47,61H,6,9-10,13,19-31H2,1-4H3,(H,57,62)(H,58,64)(H,59,65)/t32?,34-,39?,40+,41?,43+,44?,45-,47?,51?,52?/m1/s1. The van der Waals surface area contributed by atoms with Crippen molar-refractivity contribution >= 4 is 23.5 Å². The molecular formula is C53H69F3N4O6. The lowest BCUT2D eigenvalue weighted by Crippen LogP contribution is -2.54. The number of hydrogen-bond acceptors (Lipinski definition) is 7. The number of rotatable bonds is 15. The molecule has 3 amide bonds. The van der Waals surface area contributed by atoms with Crippen molar-refractivity contribution in [3.8, 4) is 0 Å². The van der Waals surface area contributed by atoms with E-state index in [-0.39, 0.29) is 53.9 Å². The third-order valence-electron chi connectivity index (χ3n) is 16.8. The lowest BCUT2D eigenvalue weighted by atomic mass is 9.56. The van der Waals surface area contributed by atoms with Gasteiger partial charge in [-0.1, -0.05) is 99.0 Å². The van der Waals surface area contributed by atoms with Gasteiger partial charge in [0.15, 0.2) is 5.78 Å². The third-order valence-corrected chi connectivity index (χ3v) is 16.8. The van der Waals surface area contributed by atoms with Crippen LogP contribution in [0.25, 0.3) is 0 Å². The van der Waals surface area contributed by atoms with Crippen LogP contribution >= 0.6 is 0 Å². The average Bonchev–Trinajstić information content (AvgIpc) is 3.82. The summed E-state index contributed by atoms with van der Waals surface area (Å²) < 4.78 is 46.9. The molecular weight excluding hydrogens is 846 g/mol. The van der Waals surface area contributed by atoms with Gasteiger partial charge in [0.1, 0.15) is 6.04 Å². The number of carbonyl (C=O) groups excluding carboxylic acids is 4. The fourth-order valence-electron chi connectivity index (χ4n) is 13.3. The molecule has 4 fully saturated rings. The quantitative estimate of drug-likeness (QED) is 0.0808. The number of allylic oxidation sites excluding steroid dienone is 2. The summed E-state index contributed by atoms with van der Waals surface area (Å²) in [6, 6.07) is 13.7. The zero-order valence-corrected chi connectivity index (χ0v) is 39.1. The summed E-state index contributed by atoms with van der Waals surface area (Å²) in [7, 11) is 0. The first-order valence-electron chi connectivity index (χ1n) is 24.6. The minimum atomic E-state index is -5.17. The third kappa shape index (κ3) is 9.81. The van der Waals surface area contributed by atoms with E-state index in [4.69, 9.17) is 4.74 Å². The molecule has 2 aromatic rings. The van der Waals surface area contributed by atoms with Gasteiger partial charge in [-0.15, -0.1) is 0 Å². The minimum absolute atomic E-state index is 0.0420. The van der Waals surface area contributed by atoms with Crippen molar-refractivity contribution in [2.24, 2.45) is 35.0 Å². The number of aliphatic hydroxyl groups excluding tert-OH is 1. The Bertz CT molecular complexity index is 2180. The molecule has 2 saturated carbocycles. The van der Waals surface area contributed by atoms with E-state index in [1.165, 1.54) is 17.6 Å². The van der Waals surface area contributed by atoms with Crippen LogP contribution in [0.1, 0.15) is 126 Å². The molecule has 0 radical (unpaired) electrons. The Morgan fingerprint density at radius 3 is 2.41 bits per heavy atom. The number of hydrogen-bond donors (Lipinski definition) is 4. The van der Waals surface area contributed by atoms with Crippen molar-refractivity contribution in [1.29, 1.82) is 0 Å². The summed E-state index contributed by atoms with van der Waals surface area (Å²) >= 11 is 0. The second kappa shape index (κ2) is 19.7. The summed E-state index contributed by atoms with van der Waals surface area (Å²) in [6.45, 7) is 12.0. The van der Waals surface area contributed by atoms with Crippen molar-refractivity contribution in [1.82, 2.24) is 20.9 Å². The van der Waals surface area contributed by atoms with Crippen LogP contribution in [0.2, 0.25) is 0 Å². The highest BCUT2D eigenvalue weighted by Crippen LogP contribution is 2.65. The number of ketones is 1. The van der Waals surface area contributed by atoms with Gasteiger partial charge in [0.05, 0.1) is 17.8 Å². The monoisotopic (exact) mass is 915 g/mol. The van der Waals surface area contributed by atoms with Gasteiger partial charge in [0, 0.05) is 62.1 Å². The maximum Gasteiger partial charge on any atom is 0.471 e. The second-order valence-electron chi connectivity index (χ2n) is 20.8. The highest BCUT2D eigenvalue weighted by molar-refractivity contribution is 6.09. The number of nitrogens with zero attached hydrogens (tertiary/aromatic N) is 1. The van der Waals surface area contributed by atoms with Crippen molar-refractivity contribution in [3.05, 3.63) is 94.1 Å². The maximum absolute atomic E-state index is 13.2. The molecule has 6 aliphatic rings. The number of amides is 3. The van der Waals surface area contributed by atoms with Crippen molar-refractivity contribution < 1.29 is 42.2 Å². The van der Waals surface area contributed by atoms with Crippen LogP contribution in [0.3, 0.4) is 0 Å². The highest BCUT2D eigenvalue weighted by Gasteiger charge is 2.61. The number of likely N-dealkylation sites (tertiary alicyclic amines) is 1. The molecule has 358 valence electrons. The molecule has 66 heavy (non-hydrogen) atoms. The maximum atomic E-state index is 13.2. The molecule has 7 unspecified atom stereocenters. The first-order valence-corrected chi connectivity index (χ1v) is 24.6. The molecule has 11 atom stereocenters. The second-order valence-corrected chi connectivity index (χ2v) is 20.8. The Labute approximate surface area is 387 Å². The first-order chi connectivity index (χ1) is 31.5. The molecule has 2 heterocycles. The number of benzene rings is 2. The Balaban J connectivity index is 0.785. The van der Waals surface area contributed by atoms with E-state index < -0.39 is 24.0 Å². The molecule has 2 aliphatic heterocycles. The first kappa shape index (κ1) is 48.1. The minimum Gasteiger partial charge on any atom is -0.393 e. The smallest absolute Gasteiger partial charge is 0.393 e. The van der Waals surface area contributed by atoms with E-state index in [2.05, 4.69) is 49.3 Å². The number of fused-ring (bicyclic) bond motifs is 6. The molecule has 10 nitrogen and oxygen atoms in total. The number of unbranched alkanes of at least 4 members (excludes halogenated alkanes) is 2. The van der Waals surface area contributed by atoms with Gasteiger partial charge in [-0.25, -0.2) is 0 Å². The van der Waals surface area contributed by atoms with Crippen LogP contribution in [-0.4, -0.2) is 95.8 Å². The topological polar surface area (TPSA) is 137 Å². The molecule has 4 N–H and O–H groups in total. The Morgan fingerprint density at radius 1 is 0.924 bits per heavy atom. The average molecular weight is 915 g/mol. The van der Waals surface area contributed by atoms with Crippen molar-refractivity contribution in [2.75, 3.05) is 26.2 Å². The zero-order chi connectivity index (χ0) is 47.0. The number of nitrogens with one attached hydrogen (secondary N) is 3. The fourth-order valence-corrected chi connectivity index (χ4v) is 13.3. The molecule has 8 rings (SSSR count). The van der Waals surface area contributed by atoms with Crippen molar-refractivity contribution in [3.63, 3.8) is 0 Å². The van der Waals surface area contributed by atoms with Gasteiger partial charge in [0.25, 0.3) is 0 Å². The molecule has 2 saturated heterocycles. The van der Waals surface area contributed by atoms with Crippen molar-refractivity contribution in [2.45, 2.75) is 147 Å². The molecule has 4 aliphatic carbocycles. The lowest BCUT2D eigenvalue weighted by Gasteiger charge is -2.49. The van der Waals surface area contributed by atoms with Crippen LogP contribution in [-0.2, 0) is 25.5 Å². The van der Waals surface area contributed by atoms with E-state index in [0.717, 1.165) is 58.0 Å². The van der Waals surface area contributed by atoms with E-state index in [1.54, 1.807) is 60.2 Å². The van der Waals surface area contributed by atoms with Crippen LogP contribution < -0.4 is 16.0 Å². The van der Waals surface area contributed by atoms with Crippen LogP contribution in [0.15, 0.2) is 77.4 Å². The summed E-state index contributed by atoms with van der Waals surface area (Å²) in [6.07, 6.45) is 7.46. The predicted octanol–water partition coefficient (Wildman–Crippen LogP) is 8.03. The van der Waals surface area contributed by atoms with E-state index in [1.807, 2.05) is 5.32 Å². The zero-order valence-electron chi connectivity index (χ0n) is 39.1. The number of ether oxygens (including phenoxy) is 1. The summed E-state index contributed by atoms with van der Waals surface area (Å²) in [4.78, 5) is 53.3. The number of piperidine rings is 1. The van der Waals surface area contributed by atoms with Crippen LogP contribution in [0, 0.1) is 35.0 Å². The molecule has 2 aromatic carbocycles. The number of aliphatic hydroxyl groups is 1. The Hall–Kier alpha value is -4.33. The van der Waals surface area contributed by atoms with Gasteiger partial charge in [-0.3, -0.25) is 24.1 Å². The number of halogens is 3. The number of alkyl halides is 3. The molecule has 0 aromatic heterocycles. The Kier molecular flexibility index (Phi) is 14.4. The van der Waals surface area contributed by atoms with Crippen LogP contribution in [0.4, 0.5) is 13.2 Å². The molecule has 0 bridgehead atoms. The van der Waals surface area contributed by atoms with E-state index in [9.17, 15) is 37.5 Å². The summed E-state index contributed by atoms with van der Waals surface area (Å²) in [5.41, 5.74) is 5.93. The van der Waals surface area contributed by atoms with E-state index in [0.29, 0.717) is 78.5 Å². The molecule has 1 spiro atoms.